The molecular weight excluding hydrogens is 264 g/mol. The Labute approximate surface area is 127 Å². The number of hydrogen-bond acceptors (Lipinski definition) is 2. The van der Waals surface area contributed by atoms with Crippen molar-refractivity contribution in [1.82, 2.24) is 0 Å². The summed E-state index contributed by atoms with van der Waals surface area (Å²) >= 11 is 0. The van der Waals surface area contributed by atoms with Gasteiger partial charge in [0.25, 0.3) is 5.97 Å². The van der Waals surface area contributed by atoms with Crippen LogP contribution in [-0.4, -0.2) is 16.5 Å². The summed E-state index contributed by atoms with van der Waals surface area (Å²) < 4.78 is 5.05. The van der Waals surface area contributed by atoms with Crippen LogP contribution >= 0.6 is 0 Å². The monoisotopic (exact) mass is 296 g/mol. The lowest BCUT2D eigenvalue weighted by Gasteiger charge is -2.45. The third-order valence-electron chi connectivity index (χ3n) is 6.07. The molecule has 0 heterocycles. The first-order chi connectivity index (χ1) is 9.73. The second-order valence-corrected chi connectivity index (χ2v) is 7.43. The van der Waals surface area contributed by atoms with Gasteiger partial charge in [-0.05, 0) is 55.8 Å². The Morgan fingerprint density at radius 3 is 1.95 bits per heavy atom. The molecule has 0 bridgehead atoms. The van der Waals surface area contributed by atoms with Crippen LogP contribution in [0.5, 0.6) is 0 Å². The first-order valence-electron chi connectivity index (χ1n) is 8.79. The second-order valence-electron chi connectivity index (χ2n) is 7.02. The van der Waals surface area contributed by atoms with Crippen molar-refractivity contribution in [2.24, 2.45) is 17.3 Å². The van der Waals surface area contributed by atoms with Gasteiger partial charge in [0, 0.05) is 6.42 Å². The Kier molecular flexibility index (Phi) is 6.13. The molecule has 0 amide bonds. The molecule has 0 saturated heterocycles. The molecule has 2 aliphatic carbocycles. The topological polar surface area (TPSA) is 26.3 Å². The predicted octanol–water partition coefficient (Wildman–Crippen LogP) is 3.76. The number of carbonyl (C=O) groups is 1. The SMILES string of the molecule is CCCC(CCC(=O)O[SiH3])(C1CCCC1)C1CCCC1. The number of hydrogen-bond donors (Lipinski definition) is 0. The average Bonchev–Trinajstić information content (AvgIpc) is 3.15. The first-order valence-corrected chi connectivity index (χ1v) is 9.61. The Morgan fingerprint density at radius 2 is 1.55 bits per heavy atom. The van der Waals surface area contributed by atoms with E-state index < -0.39 is 0 Å². The van der Waals surface area contributed by atoms with Crippen LogP contribution in [0.4, 0.5) is 0 Å². The molecule has 2 aliphatic rings. The summed E-state index contributed by atoms with van der Waals surface area (Å²) in [6, 6.07) is 0. The zero-order valence-corrected chi connectivity index (χ0v) is 15.5. The van der Waals surface area contributed by atoms with Crippen molar-refractivity contribution in [1.29, 1.82) is 0 Å². The Hall–Kier alpha value is -0.313. The van der Waals surface area contributed by atoms with Crippen molar-refractivity contribution in [3.05, 3.63) is 0 Å². The van der Waals surface area contributed by atoms with Gasteiger partial charge in [-0.15, -0.1) is 0 Å². The molecule has 116 valence electrons. The summed E-state index contributed by atoms with van der Waals surface area (Å²) in [6.45, 7) is 2.32. The lowest BCUT2D eigenvalue weighted by molar-refractivity contribution is -0.135. The van der Waals surface area contributed by atoms with Crippen molar-refractivity contribution in [2.45, 2.75) is 84.0 Å². The zero-order chi connectivity index (χ0) is 14.4. The molecule has 20 heavy (non-hydrogen) atoms. The minimum absolute atomic E-state index is 0.0492. The molecule has 0 N–H and O–H groups in total. The van der Waals surface area contributed by atoms with E-state index in [0.29, 0.717) is 22.3 Å². The van der Waals surface area contributed by atoms with Gasteiger partial charge in [-0.1, -0.05) is 39.0 Å². The minimum Gasteiger partial charge on any atom is -0.529 e. The quantitative estimate of drug-likeness (QED) is 0.669. The molecule has 0 aromatic rings. The second kappa shape index (κ2) is 7.63. The highest BCUT2D eigenvalue weighted by molar-refractivity contribution is 6.05. The molecule has 2 fully saturated rings. The third-order valence-corrected chi connectivity index (χ3v) is 6.53. The lowest BCUT2D eigenvalue weighted by Crippen LogP contribution is -2.37. The average molecular weight is 297 g/mol. The fraction of sp³-hybridized carbons (Fsp3) is 0.941. The van der Waals surface area contributed by atoms with Crippen LogP contribution in [0, 0.1) is 17.3 Å². The van der Waals surface area contributed by atoms with Crippen molar-refractivity contribution < 1.29 is 9.22 Å². The molecule has 0 spiro atoms. The highest BCUT2D eigenvalue weighted by Crippen LogP contribution is 2.55. The van der Waals surface area contributed by atoms with Crippen molar-refractivity contribution in [2.75, 3.05) is 0 Å². The molecule has 0 radical (unpaired) electrons. The molecule has 0 atom stereocenters. The van der Waals surface area contributed by atoms with Crippen molar-refractivity contribution in [3.8, 4) is 0 Å². The van der Waals surface area contributed by atoms with Gasteiger partial charge < -0.3 is 4.43 Å². The minimum atomic E-state index is 0.0492. The van der Waals surface area contributed by atoms with E-state index in [1.165, 1.54) is 64.2 Å². The first kappa shape index (κ1) is 16.1. The molecule has 0 unspecified atom stereocenters. The molecule has 3 heteroatoms. The van der Waals surface area contributed by atoms with Crippen LogP contribution in [0.15, 0.2) is 0 Å². The molecule has 0 aromatic carbocycles. The largest absolute Gasteiger partial charge is 0.529 e. The van der Waals surface area contributed by atoms with Gasteiger partial charge in [0.15, 0.2) is 0 Å². The molecular formula is C17H32O2Si. The van der Waals surface area contributed by atoms with Crippen molar-refractivity contribution in [3.63, 3.8) is 0 Å². The van der Waals surface area contributed by atoms with Crippen molar-refractivity contribution >= 4 is 16.5 Å². The van der Waals surface area contributed by atoms with Gasteiger partial charge in [0.1, 0.15) is 0 Å². The van der Waals surface area contributed by atoms with Crippen LogP contribution in [0.1, 0.15) is 84.0 Å². The summed E-state index contributed by atoms with van der Waals surface area (Å²) in [5.41, 5.74) is 0.456. The van der Waals surface area contributed by atoms with E-state index in [1.807, 2.05) is 0 Å². The fourth-order valence-corrected chi connectivity index (χ4v) is 5.38. The van der Waals surface area contributed by atoms with Gasteiger partial charge in [-0.3, -0.25) is 4.79 Å². The summed E-state index contributed by atoms with van der Waals surface area (Å²) in [7, 11) is 0.548. The smallest absolute Gasteiger partial charge is 0.291 e. The van der Waals surface area contributed by atoms with E-state index in [4.69, 9.17) is 4.43 Å². The maximum absolute atomic E-state index is 11.7. The number of carbonyl (C=O) groups excluding carboxylic acids is 1. The van der Waals surface area contributed by atoms with E-state index in [9.17, 15) is 4.79 Å². The highest BCUT2D eigenvalue weighted by Gasteiger charge is 2.45. The fourth-order valence-electron chi connectivity index (χ4n) is 5.18. The van der Waals surface area contributed by atoms with Gasteiger partial charge in [0.05, 0.1) is 0 Å². The highest BCUT2D eigenvalue weighted by atomic mass is 28.2. The van der Waals surface area contributed by atoms with Crippen LogP contribution in [0.2, 0.25) is 0 Å². The van der Waals surface area contributed by atoms with Crippen LogP contribution < -0.4 is 0 Å². The Bertz CT molecular complexity index is 288. The van der Waals surface area contributed by atoms with Gasteiger partial charge in [-0.2, -0.15) is 0 Å². The van der Waals surface area contributed by atoms with Gasteiger partial charge >= 0.3 is 0 Å². The summed E-state index contributed by atoms with van der Waals surface area (Å²) in [5.74, 6) is 1.81. The molecule has 0 aliphatic heterocycles. The maximum Gasteiger partial charge on any atom is 0.291 e. The van der Waals surface area contributed by atoms with E-state index in [2.05, 4.69) is 6.92 Å². The summed E-state index contributed by atoms with van der Waals surface area (Å²) in [5, 5.41) is 0. The van der Waals surface area contributed by atoms with Crippen LogP contribution in [-0.2, 0) is 9.22 Å². The number of rotatable bonds is 7. The van der Waals surface area contributed by atoms with Crippen LogP contribution in [0.3, 0.4) is 0 Å². The van der Waals surface area contributed by atoms with E-state index in [-0.39, 0.29) is 5.97 Å². The Morgan fingerprint density at radius 1 is 1.05 bits per heavy atom. The predicted molar refractivity (Wildman–Crippen MR) is 86.5 cm³/mol. The van der Waals surface area contributed by atoms with E-state index in [0.717, 1.165) is 18.3 Å². The normalized spacial score (nSPS) is 21.6. The molecule has 0 aromatic heterocycles. The maximum atomic E-state index is 11.7. The lowest BCUT2D eigenvalue weighted by atomic mass is 9.60. The summed E-state index contributed by atoms with van der Waals surface area (Å²) in [6.07, 6.45) is 15.6. The van der Waals surface area contributed by atoms with Crippen LogP contribution in [0.25, 0.3) is 0 Å². The summed E-state index contributed by atoms with van der Waals surface area (Å²) in [4.78, 5) is 11.7. The molecule has 2 nitrogen and oxygen atoms in total. The standard InChI is InChI=1S/C17H32O2Si/c1-2-12-17(13-11-16(18)19-20,14-7-3-4-8-14)15-9-5-6-10-15/h14-15H,2-13H2,1,20H3. The van der Waals surface area contributed by atoms with E-state index >= 15 is 0 Å². The van der Waals surface area contributed by atoms with Gasteiger partial charge in [0.2, 0.25) is 10.5 Å². The molecule has 2 rings (SSSR count). The van der Waals surface area contributed by atoms with Gasteiger partial charge in [-0.25, -0.2) is 0 Å². The molecule has 2 saturated carbocycles. The zero-order valence-electron chi connectivity index (χ0n) is 13.5. The Balaban J connectivity index is 2.14. The third kappa shape index (κ3) is 3.47. The van der Waals surface area contributed by atoms with E-state index in [1.54, 1.807) is 0 Å².